The van der Waals surface area contributed by atoms with E-state index in [1.54, 1.807) is 18.2 Å². The van der Waals surface area contributed by atoms with Crippen molar-refractivity contribution in [2.75, 3.05) is 36.4 Å². The third kappa shape index (κ3) is 7.04. The van der Waals surface area contributed by atoms with Crippen LogP contribution in [0.3, 0.4) is 0 Å². The Kier molecular flexibility index (Phi) is 9.17. The molecule has 0 unspecified atom stereocenters. The van der Waals surface area contributed by atoms with Gasteiger partial charge in [-0.05, 0) is 81.3 Å². The Morgan fingerprint density at radius 2 is 1.46 bits per heavy atom. The van der Waals surface area contributed by atoms with Crippen LogP contribution >= 0.6 is 0 Å². The summed E-state index contributed by atoms with van der Waals surface area (Å²) in [5.74, 6) is -2.66. The maximum absolute atomic E-state index is 13.9. The molecule has 8 nitrogen and oxygen atoms in total. The topological polar surface area (TPSA) is 108 Å². The van der Waals surface area contributed by atoms with Gasteiger partial charge in [-0.2, -0.15) is 0 Å². The molecule has 2 aromatic rings. The highest BCUT2D eigenvalue weighted by Crippen LogP contribution is 2.31. The van der Waals surface area contributed by atoms with Crippen LogP contribution in [0.15, 0.2) is 36.4 Å². The molecule has 0 radical (unpaired) electrons. The first-order chi connectivity index (χ1) is 19.8. The van der Waals surface area contributed by atoms with Crippen LogP contribution in [0.4, 0.5) is 20.2 Å². The van der Waals surface area contributed by atoms with Gasteiger partial charge >= 0.3 is 0 Å². The van der Waals surface area contributed by atoms with Crippen molar-refractivity contribution in [2.45, 2.75) is 69.9 Å². The smallest absolute Gasteiger partial charge is 0.255 e. The molecule has 0 aromatic heterocycles. The first-order valence-corrected chi connectivity index (χ1v) is 14.8. The fourth-order valence-electron chi connectivity index (χ4n) is 6.23. The van der Waals surface area contributed by atoms with Crippen molar-refractivity contribution < 1.29 is 23.2 Å². The van der Waals surface area contributed by atoms with Crippen molar-refractivity contribution in [1.82, 2.24) is 10.2 Å². The van der Waals surface area contributed by atoms with Crippen molar-refractivity contribution in [2.24, 2.45) is 11.7 Å². The highest BCUT2D eigenvalue weighted by atomic mass is 19.2. The van der Waals surface area contributed by atoms with Crippen LogP contribution in [0.25, 0.3) is 0 Å². The van der Waals surface area contributed by atoms with Crippen LogP contribution in [-0.4, -0.2) is 60.9 Å². The Balaban J connectivity index is 1.36. The molecule has 41 heavy (non-hydrogen) atoms. The minimum Gasteiger partial charge on any atom is -0.368 e. The molecule has 3 aliphatic rings. The van der Waals surface area contributed by atoms with E-state index in [0.717, 1.165) is 69.9 Å². The lowest BCUT2D eigenvalue weighted by atomic mass is 9.91. The summed E-state index contributed by atoms with van der Waals surface area (Å²) >= 11 is 0. The number of nitrogens with one attached hydrogen (secondary N) is 2. The van der Waals surface area contributed by atoms with Crippen molar-refractivity contribution in [1.29, 1.82) is 0 Å². The largest absolute Gasteiger partial charge is 0.368 e. The molecular weight excluding hydrogens is 528 g/mol. The zero-order valence-electron chi connectivity index (χ0n) is 23.3. The van der Waals surface area contributed by atoms with Crippen molar-refractivity contribution in [3.8, 4) is 0 Å². The van der Waals surface area contributed by atoms with Crippen LogP contribution in [0.2, 0.25) is 0 Å². The second kappa shape index (κ2) is 13.0. The molecule has 3 amide bonds. The fourth-order valence-corrected chi connectivity index (χ4v) is 6.23. The van der Waals surface area contributed by atoms with E-state index in [0.29, 0.717) is 43.1 Å². The molecule has 1 heterocycles. The van der Waals surface area contributed by atoms with Gasteiger partial charge in [0.1, 0.15) is 0 Å². The molecule has 220 valence electrons. The molecule has 1 saturated heterocycles. The fraction of sp³-hybridized carbons (Fsp3) is 0.516. The number of carbonyl (C=O) groups is 3. The summed E-state index contributed by atoms with van der Waals surface area (Å²) in [6.07, 6.45) is 8.22. The Labute approximate surface area is 239 Å². The van der Waals surface area contributed by atoms with Crippen molar-refractivity contribution in [3.05, 3.63) is 59.2 Å². The van der Waals surface area contributed by atoms with E-state index < -0.39 is 17.5 Å². The molecular formula is C31H39F2N5O3. The summed E-state index contributed by atoms with van der Waals surface area (Å²) in [4.78, 5) is 43.4. The molecule has 5 rings (SSSR count). The van der Waals surface area contributed by atoms with Gasteiger partial charge in [-0.15, -0.1) is 0 Å². The van der Waals surface area contributed by atoms with E-state index in [9.17, 15) is 23.2 Å². The van der Waals surface area contributed by atoms with Gasteiger partial charge in [0.25, 0.3) is 11.8 Å². The lowest BCUT2D eigenvalue weighted by Crippen LogP contribution is -2.40. The first-order valence-electron chi connectivity index (χ1n) is 14.8. The lowest BCUT2D eigenvalue weighted by molar-refractivity contribution is -0.135. The van der Waals surface area contributed by atoms with E-state index in [4.69, 9.17) is 5.73 Å². The molecule has 2 aliphatic carbocycles. The van der Waals surface area contributed by atoms with Gasteiger partial charge in [-0.1, -0.05) is 12.8 Å². The van der Waals surface area contributed by atoms with Crippen molar-refractivity contribution in [3.63, 3.8) is 0 Å². The highest BCUT2D eigenvalue weighted by molar-refractivity contribution is 6.07. The average molecular weight is 568 g/mol. The van der Waals surface area contributed by atoms with Gasteiger partial charge in [0.15, 0.2) is 11.6 Å². The average Bonchev–Trinajstić information content (AvgIpc) is 3.40. The van der Waals surface area contributed by atoms with Gasteiger partial charge in [0, 0.05) is 55.3 Å². The molecule has 0 bridgehead atoms. The molecule has 0 spiro atoms. The number of rotatable bonds is 6. The Morgan fingerprint density at radius 1 is 0.756 bits per heavy atom. The number of hydrogen-bond acceptors (Lipinski definition) is 5. The lowest BCUT2D eigenvalue weighted by Gasteiger charge is -2.28. The standard InChI is InChI=1S/C31H39F2N5O3/c32-25-12-6-21(18-26(25)33)30(40)36-27-19-22(29(39)35-24-10-8-23(34)9-11-24)7-13-28(27)37-14-3-15-38(17-16-37)31(41)20-4-1-2-5-20/h6-7,12-13,18-20,23-24H,1-5,8-11,14-17,34H2,(H,35,39)(H,36,40). The van der Waals surface area contributed by atoms with Gasteiger partial charge in [-0.3, -0.25) is 14.4 Å². The minimum absolute atomic E-state index is 0.0348. The third-order valence-electron chi connectivity index (χ3n) is 8.65. The molecule has 1 aliphatic heterocycles. The number of anilines is 2. The summed E-state index contributed by atoms with van der Waals surface area (Å²) < 4.78 is 27.4. The molecule has 0 atom stereocenters. The zero-order valence-corrected chi connectivity index (χ0v) is 23.3. The van der Waals surface area contributed by atoms with E-state index in [1.165, 1.54) is 6.07 Å². The van der Waals surface area contributed by atoms with E-state index in [1.807, 2.05) is 4.90 Å². The summed E-state index contributed by atoms with van der Waals surface area (Å²) in [5.41, 5.74) is 7.46. The van der Waals surface area contributed by atoms with E-state index in [-0.39, 0.29) is 35.4 Å². The quantitative estimate of drug-likeness (QED) is 0.478. The van der Waals surface area contributed by atoms with E-state index in [2.05, 4.69) is 15.5 Å². The van der Waals surface area contributed by atoms with Crippen LogP contribution in [-0.2, 0) is 4.79 Å². The number of benzene rings is 2. The number of halogens is 2. The first kappa shape index (κ1) is 29.0. The summed E-state index contributed by atoms with van der Waals surface area (Å²) in [6, 6.07) is 8.36. The number of amides is 3. The van der Waals surface area contributed by atoms with Gasteiger partial charge in [0.2, 0.25) is 5.91 Å². The second-order valence-electron chi connectivity index (χ2n) is 11.5. The number of hydrogen-bond donors (Lipinski definition) is 3. The van der Waals surface area contributed by atoms with Crippen LogP contribution in [0, 0.1) is 17.6 Å². The summed E-state index contributed by atoms with van der Waals surface area (Å²) in [6.45, 7) is 2.47. The number of nitrogens with zero attached hydrogens (tertiary/aromatic N) is 2. The van der Waals surface area contributed by atoms with E-state index >= 15 is 0 Å². The SMILES string of the molecule is NC1CCC(NC(=O)c2ccc(N3CCCN(C(=O)C4CCCC4)CC3)c(NC(=O)c3ccc(F)c(F)c3)c2)CC1. The molecule has 10 heteroatoms. The zero-order chi connectivity index (χ0) is 28.9. The second-order valence-corrected chi connectivity index (χ2v) is 11.5. The number of carbonyl (C=O) groups excluding carboxylic acids is 3. The Bertz CT molecular complexity index is 1270. The maximum atomic E-state index is 13.9. The van der Waals surface area contributed by atoms with Gasteiger partial charge < -0.3 is 26.2 Å². The molecule has 3 fully saturated rings. The Morgan fingerprint density at radius 3 is 2.20 bits per heavy atom. The minimum atomic E-state index is -1.11. The third-order valence-corrected chi connectivity index (χ3v) is 8.65. The number of nitrogens with two attached hydrogens (primary N) is 1. The van der Waals surface area contributed by atoms with Crippen molar-refractivity contribution >= 4 is 29.1 Å². The summed E-state index contributed by atoms with van der Waals surface area (Å²) in [5, 5.41) is 5.91. The maximum Gasteiger partial charge on any atom is 0.255 e. The van der Waals surface area contributed by atoms with Crippen LogP contribution < -0.4 is 21.3 Å². The Hall–Kier alpha value is -3.53. The predicted octanol–water partition coefficient (Wildman–Crippen LogP) is 4.45. The highest BCUT2D eigenvalue weighted by Gasteiger charge is 2.29. The summed E-state index contributed by atoms with van der Waals surface area (Å²) in [7, 11) is 0. The normalized spacial score (nSPS) is 21.8. The predicted molar refractivity (Wildman–Crippen MR) is 154 cm³/mol. The molecule has 2 saturated carbocycles. The molecule has 4 N–H and O–H groups in total. The monoisotopic (exact) mass is 567 g/mol. The van der Waals surface area contributed by atoms with Crippen LogP contribution in [0.1, 0.15) is 78.5 Å². The molecule has 2 aromatic carbocycles. The van der Waals surface area contributed by atoms with Gasteiger partial charge in [0.05, 0.1) is 11.4 Å². The van der Waals surface area contributed by atoms with Gasteiger partial charge in [-0.25, -0.2) is 8.78 Å². The van der Waals surface area contributed by atoms with Crippen LogP contribution in [0.5, 0.6) is 0 Å².